The molecule has 1 amide bonds. The summed E-state index contributed by atoms with van der Waals surface area (Å²) in [5.74, 6) is 0. The maximum atomic E-state index is 12.6. The van der Waals surface area contributed by atoms with Crippen LogP contribution in [0.25, 0.3) is 0 Å². The van der Waals surface area contributed by atoms with Crippen molar-refractivity contribution in [3.63, 3.8) is 0 Å². The number of nitrogens with one attached hydrogen (secondary N) is 1. The van der Waals surface area contributed by atoms with Gasteiger partial charge in [0, 0.05) is 12.0 Å². The second kappa shape index (κ2) is 8.73. The van der Waals surface area contributed by atoms with Crippen molar-refractivity contribution in [3.05, 3.63) is 65.2 Å². The van der Waals surface area contributed by atoms with E-state index in [9.17, 15) is 4.79 Å². The van der Waals surface area contributed by atoms with Gasteiger partial charge in [-0.15, -0.1) is 0 Å². The number of amides is 1. The maximum Gasteiger partial charge on any atom is 0.494 e. The second-order valence-electron chi connectivity index (χ2n) is 11.8. The minimum absolute atomic E-state index is 0.245. The Morgan fingerprint density at radius 3 is 2.29 bits per heavy atom. The van der Waals surface area contributed by atoms with Crippen LogP contribution >= 0.6 is 0 Å². The highest BCUT2D eigenvalue weighted by Gasteiger charge is 2.52. The zero-order valence-electron chi connectivity index (χ0n) is 21.7. The van der Waals surface area contributed by atoms with E-state index in [1.54, 1.807) is 0 Å². The molecule has 2 aromatic carbocycles. The van der Waals surface area contributed by atoms with Crippen molar-refractivity contribution in [2.24, 2.45) is 0 Å². The summed E-state index contributed by atoms with van der Waals surface area (Å²) in [7, 11) is -0.420. The van der Waals surface area contributed by atoms with Gasteiger partial charge in [-0.3, -0.25) is 0 Å². The molecule has 0 aromatic heterocycles. The van der Waals surface area contributed by atoms with Crippen LogP contribution in [0.5, 0.6) is 0 Å². The van der Waals surface area contributed by atoms with Gasteiger partial charge in [0.2, 0.25) is 0 Å². The van der Waals surface area contributed by atoms with E-state index in [4.69, 9.17) is 14.0 Å². The first-order valence-electron chi connectivity index (χ1n) is 12.3. The fourth-order valence-electron chi connectivity index (χ4n) is 4.85. The Morgan fingerprint density at radius 1 is 1.00 bits per heavy atom. The normalized spacial score (nSPS) is 23.3. The molecule has 1 aliphatic heterocycles. The molecule has 182 valence electrons. The molecule has 34 heavy (non-hydrogen) atoms. The number of benzene rings is 2. The molecule has 1 saturated heterocycles. The summed E-state index contributed by atoms with van der Waals surface area (Å²) in [6.45, 7) is 14.4. The Kier molecular flexibility index (Phi) is 6.37. The van der Waals surface area contributed by atoms with Crippen LogP contribution in [0.4, 0.5) is 4.79 Å². The topological polar surface area (TPSA) is 56.8 Å². The summed E-state index contributed by atoms with van der Waals surface area (Å²) in [5, 5.41) is 3.07. The Balaban J connectivity index is 1.65. The van der Waals surface area contributed by atoms with Crippen LogP contribution in [-0.2, 0) is 32.3 Å². The van der Waals surface area contributed by atoms with Gasteiger partial charge in [0.25, 0.3) is 0 Å². The molecule has 1 aliphatic carbocycles. The van der Waals surface area contributed by atoms with Gasteiger partial charge in [-0.05, 0) is 89.9 Å². The third-order valence-corrected chi connectivity index (χ3v) is 7.51. The number of alkyl carbamates (subject to hydrolysis) is 1. The third-order valence-electron chi connectivity index (χ3n) is 7.51. The summed E-state index contributed by atoms with van der Waals surface area (Å²) >= 11 is 0. The molecular formula is C28H38BNO4. The van der Waals surface area contributed by atoms with Crippen LogP contribution < -0.4 is 10.8 Å². The molecule has 1 fully saturated rings. The van der Waals surface area contributed by atoms with E-state index in [0.29, 0.717) is 6.54 Å². The van der Waals surface area contributed by atoms with Gasteiger partial charge >= 0.3 is 13.2 Å². The Hall–Kier alpha value is -2.31. The highest BCUT2D eigenvalue weighted by molar-refractivity contribution is 6.62. The van der Waals surface area contributed by atoms with Crippen molar-refractivity contribution in [3.8, 4) is 0 Å². The fraction of sp³-hybridized carbons (Fsp3) is 0.536. The lowest BCUT2D eigenvalue weighted by Crippen LogP contribution is -2.46. The van der Waals surface area contributed by atoms with E-state index < -0.39 is 23.9 Å². The summed E-state index contributed by atoms with van der Waals surface area (Å²) in [5.41, 5.74) is 3.34. The van der Waals surface area contributed by atoms with Crippen molar-refractivity contribution >= 4 is 18.7 Å². The first-order valence-corrected chi connectivity index (χ1v) is 12.3. The van der Waals surface area contributed by atoms with Gasteiger partial charge in [0.15, 0.2) is 0 Å². The minimum atomic E-state index is -0.535. The maximum absolute atomic E-state index is 12.6. The number of ether oxygens (including phenoxy) is 1. The highest BCUT2D eigenvalue weighted by atomic mass is 16.7. The minimum Gasteiger partial charge on any atom is -0.444 e. The van der Waals surface area contributed by atoms with Crippen LogP contribution in [0.2, 0.25) is 0 Å². The number of hydrogen-bond donors (Lipinski definition) is 1. The van der Waals surface area contributed by atoms with Gasteiger partial charge in [0.1, 0.15) is 5.60 Å². The third kappa shape index (κ3) is 5.03. The predicted octanol–water partition coefficient (Wildman–Crippen LogP) is 4.94. The van der Waals surface area contributed by atoms with E-state index in [0.717, 1.165) is 24.7 Å². The molecule has 6 heteroatoms. The number of carbonyl (C=O) groups is 1. The molecule has 1 N–H and O–H groups in total. The van der Waals surface area contributed by atoms with Crippen molar-refractivity contribution in [2.75, 3.05) is 6.54 Å². The fourth-order valence-corrected chi connectivity index (χ4v) is 4.85. The van der Waals surface area contributed by atoms with Crippen molar-refractivity contribution in [1.82, 2.24) is 5.32 Å². The zero-order valence-corrected chi connectivity index (χ0v) is 21.7. The smallest absolute Gasteiger partial charge is 0.444 e. The lowest BCUT2D eigenvalue weighted by Gasteiger charge is -2.39. The number of rotatable bonds is 4. The molecule has 2 aliphatic rings. The summed E-state index contributed by atoms with van der Waals surface area (Å²) < 4.78 is 18.2. The molecule has 5 nitrogen and oxygen atoms in total. The van der Waals surface area contributed by atoms with Crippen LogP contribution in [0, 0.1) is 0 Å². The van der Waals surface area contributed by atoms with Crippen LogP contribution in [0.1, 0.15) is 71.6 Å². The molecular weight excluding hydrogens is 425 g/mol. The average Bonchev–Trinajstić information content (AvgIpc) is 2.98. The Bertz CT molecular complexity index is 1040. The van der Waals surface area contributed by atoms with Crippen LogP contribution in [0.3, 0.4) is 0 Å². The van der Waals surface area contributed by atoms with E-state index in [1.165, 1.54) is 16.7 Å². The van der Waals surface area contributed by atoms with E-state index in [1.807, 2.05) is 20.8 Å². The Labute approximate surface area is 204 Å². The Morgan fingerprint density at radius 2 is 1.65 bits per heavy atom. The molecule has 0 saturated carbocycles. The predicted molar refractivity (Wildman–Crippen MR) is 137 cm³/mol. The van der Waals surface area contributed by atoms with Gasteiger partial charge in [-0.2, -0.15) is 0 Å². The largest absolute Gasteiger partial charge is 0.494 e. The van der Waals surface area contributed by atoms with Crippen LogP contribution in [0.15, 0.2) is 48.5 Å². The van der Waals surface area contributed by atoms with Gasteiger partial charge in [0.05, 0.1) is 11.2 Å². The molecule has 4 rings (SSSR count). The molecule has 1 heterocycles. The van der Waals surface area contributed by atoms with Crippen molar-refractivity contribution in [2.45, 2.75) is 89.9 Å². The van der Waals surface area contributed by atoms with E-state index >= 15 is 0 Å². The highest BCUT2D eigenvalue weighted by Crippen LogP contribution is 2.39. The molecule has 1 unspecified atom stereocenters. The first kappa shape index (κ1) is 24.8. The summed E-state index contributed by atoms with van der Waals surface area (Å²) in [6, 6.07) is 17.1. The van der Waals surface area contributed by atoms with Crippen molar-refractivity contribution < 1.29 is 18.8 Å². The zero-order chi connectivity index (χ0) is 24.8. The van der Waals surface area contributed by atoms with Gasteiger partial charge in [-0.1, -0.05) is 48.5 Å². The number of hydrogen-bond acceptors (Lipinski definition) is 4. The molecule has 0 spiro atoms. The van der Waals surface area contributed by atoms with Gasteiger partial charge < -0.3 is 19.4 Å². The standard InChI is InChI=1S/C28H38BNO4/c1-25(2,3)32-24(31)30-19-28(16-15-20-11-8-9-12-21(20)18-28)22-13-10-14-23(17-22)29-33-26(4,5)27(6,7)34-29/h8-14,17H,15-16,18-19H2,1-7H3,(H,30,31). The molecule has 1 atom stereocenters. The number of carbonyl (C=O) groups excluding carboxylic acids is 1. The van der Waals surface area contributed by atoms with E-state index in [-0.39, 0.29) is 11.5 Å². The molecule has 0 radical (unpaired) electrons. The lowest BCUT2D eigenvalue weighted by molar-refractivity contribution is 0.00578. The van der Waals surface area contributed by atoms with Crippen LogP contribution in [-0.4, -0.2) is 36.6 Å². The quantitative estimate of drug-likeness (QED) is 0.653. The summed E-state index contributed by atoms with van der Waals surface area (Å²) in [4.78, 5) is 12.6. The number of aryl methyl sites for hydroxylation is 1. The summed E-state index contributed by atoms with van der Waals surface area (Å²) in [6.07, 6.45) is 2.37. The monoisotopic (exact) mass is 463 g/mol. The average molecular weight is 463 g/mol. The molecule has 2 aromatic rings. The molecule has 0 bridgehead atoms. The van der Waals surface area contributed by atoms with Crippen molar-refractivity contribution in [1.29, 1.82) is 0 Å². The SMILES string of the molecule is CC(C)(C)OC(=O)NCC1(c2cccc(B3OC(C)(C)C(C)(C)O3)c2)CCc2ccccc2C1. The van der Waals surface area contributed by atoms with E-state index in [2.05, 4.69) is 81.5 Å². The second-order valence-corrected chi connectivity index (χ2v) is 11.8. The van der Waals surface area contributed by atoms with Gasteiger partial charge in [-0.25, -0.2) is 4.79 Å². The first-order chi connectivity index (χ1) is 15.8. The lowest BCUT2D eigenvalue weighted by atomic mass is 9.66. The number of fused-ring (bicyclic) bond motifs is 1.